The molecule has 0 fully saturated rings. The number of aliphatic hydroxyl groups is 1. The fraction of sp³-hybridized carbons (Fsp3) is 0.538. The lowest BCUT2D eigenvalue weighted by atomic mass is 9.94. The Bertz CT molecular complexity index is 377. The molecule has 1 N–H and O–H groups in total. The predicted octanol–water partition coefficient (Wildman–Crippen LogP) is 2.68. The van der Waals surface area contributed by atoms with Crippen LogP contribution in [0.4, 0.5) is 4.39 Å². The minimum atomic E-state index is -1.02. The third kappa shape index (κ3) is 3.17. The minimum absolute atomic E-state index is 0.212. The van der Waals surface area contributed by atoms with Crippen molar-refractivity contribution in [3.05, 3.63) is 29.6 Å². The number of ether oxygens (including phenoxy) is 2. The van der Waals surface area contributed by atoms with Gasteiger partial charge in [0.1, 0.15) is 17.7 Å². The molecular weight excluding hydrogens is 223 g/mol. The van der Waals surface area contributed by atoms with Crippen LogP contribution in [0.3, 0.4) is 0 Å². The van der Waals surface area contributed by atoms with Crippen LogP contribution in [0.25, 0.3) is 0 Å². The average Bonchev–Trinajstić information content (AvgIpc) is 2.28. The van der Waals surface area contributed by atoms with Gasteiger partial charge < -0.3 is 14.6 Å². The lowest BCUT2D eigenvalue weighted by Gasteiger charge is -2.30. The molecule has 1 unspecified atom stereocenters. The molecule has 0 aliphatic rings. The molecule has 0 aliphatic carbocycles. The van der Waals surface area contributed by atoms with E-state index in [1.165, 1.54) is 19.2 Å². The molecule has 0 bridgehead atoms. The average molecular weight is 242 g/mol. The Labute approximate surface area is 101 Å². The minimum Gasteiger partial charge on any atom is -0.497 e. The summed E-state index contributed by atoms with van der Waals surface area (Å²) in [5, 5.41) is 10.1. The van der Waals surface area contributed by atoms with Crippen molar-refractivity contribution in [3.63, 3.8) is 0 Å². The van der Waals surface area contributed by atoms with E-state index in [0.717, 1.165) is 0 Å². The Morgan fingerprint density at radius 3 is 2.53 bits per heavy atom. The van der Waals surface area contributed by atoms with Gasteiger partial charge in [0.05, 0.1) is 12.7 Å². The largest absolute Gasteiger partial charge is 0.497 e. The van der Waals surface area contributed by atoms with E-state index in [1.54, 1.807) is 19.9 Å². The van der Waals surface area contributed by atoms with Crippen LogP contribution in [0.15, 0.2) is 18.2 Å². The summed E-state index contributed by atoms with van der Waals surface area (Å²) in [6.07, 6.45) is -1.02. The van der Waals surface area contributed by atoms with Crippen LogP contribution >= 0.6 is 0 Å². The molecule has 17 heavy (non-hydrogen) atoms. The number of rotatable bonds is 5. The van der Waals surface area contributed by atoms with Gasteiger partial charge in [0.2, 0.25) is 0 Å². The topological polar surface area (TPSA) is 38.7 Å². The smallest absolute Gasteiger partial charge is 0.132 e. The standard InChI is InChI=1S/C13H19FO3/c1-5-17-13(2,3)12(15)10-7-6-9(16-4)8-11(10)14/h6-8,12,15H,5H2,1-4H3. The van der Waals surface area contributed by atoms with E-state index in [9.17, 15) is 9.50 Å². The van der Waals surface area contributed by atoms with Crippen molar-refractivity contribution in [1.82, 2.24) is 0 Å². The zero-order chi connectivity index (χ0) is 13.1. The molecular formula is C13H19FO3. The third-order valence-electron chi connectivity index (χ3n) is 2.68. The Balaban J connectivity index is 3.00. The van der Waals surface area contributed by atoms with Gasteiger partial charge in [-0.25, -0.2) is 4.39 Å². The summed E-state index contributed by atoms with van der Waals surface area (Å²) < 4.78 is 24.1. The Morgan fingerprint density at radius 2 is 2.06 bits per heavy atom. The summed E-state index contributed by atoms with van der Waals surface area (Å²) in [6.45, 7) is 5.75. The van der Waals surface area contributed by atoms with E-state index >= 15 is 0 Å². The summed E-state index contributed by atoms with van der Waals surface area (Å²) in [7, 11) is 1.47. The number of methoxy groups -OCH3 is 1. The van der Waals surface area contributed by atoms with E-state index in [4.69, 9.17) is 9.47 Å². The lowest BCUT2D eigenvalue weighted by Crippen LogP contribution is -2.33. The van der Waals surface area contributed by atoms with Crippen LogP contribution in [0.1, 0.15) is 32.4 Å². The molecule has 96 valence electrons. The summed E-state index contributed by atoms with van der Waals surface area (Å²) in [5.41, 5.74) is -0.617. The first-order valence-electron chi connectivity index (χ1n) is 5.57. The third-order valence-corrected chi connectivity index (χ3v) is 2.68. The van der Waals surface area contributed by atoms with E-state index in [-0.39, 0.29) is 5.56 Å². The number of halogens is 1. The molecule has 0 saturated heterocycles. The van der Waals surface area contributed by atoms with Gasteiger partial charge >= 0.3 is 0 Å². The molecule has 0 saturated carbocycles. The molecule has 0 amide bonds. The second kappa shape index (κ2) is 5.47. The maximum absolute atomic E-state index is 13.8. The van der Waals surface area contributed by atoms with Crippen LogP contribution in [-0.4, -0.2) is 24.4 Å². The van der Waals surface area contributed by atoms with E-state index < -0.39 is 17.5 Å². The molecule has 1 aromatic carbocycles. The number of hydrogen-bond donors (Lipinski definition) is 1. The monoisotopic (exact) mass is 242 g/mol. The first kappa shape index (κ1) is 13.9. The second-order valence-corrected chi connectivity index (χ2v) is 4.33. The highest BCUT2D eigenvalue weighted by atomic mass is 19.1. The normalized spacial score (nSPS) is 13.5. The van der Waals surface area contributed by atoms with Crippen LogP contribution in [0.2, 0.25) is 0 Å². The van der Waals surface area contributed by atoms with Crippen molar-refractivity contribution in [2.24, 2.45) is 0 Å². The van der Waals surface area contributed by atoms with Crippen LogP contribution < -0.4 is 4.74 Å². The summed E-state index contributed by atoms with van der Waals surface area (Å²) in [5.74, 6) is -0.0719. The quantitative estimate of drug-likeness (QED) is 0.862. The summed E-state index contributed by atoms with van der Waals surface area (Å²) >= 11 is 0. The summed E-state index contributed by atoms with van der Waals surface area (Å²) in [4.78, 5) is 0. The van der Waals surface area contributed by atoms with Crippen molar-refractivity contribution < 1.29 is 19.0 Å². The Morgan fingerprint density at radius 1 is 1.41 bits per heavy atom. The molecule has 0 spiro atoms. The fourth-order valence-corrected chi connectivity index (χ4v) is 1.68. The van der Waals surface area contributed by atoms with Crippen molar-refractivity contribution in [1.29, 1.82) is 0 Å². The highest BCUT2D eigenvalue weighted by molar-refractivity contribution is 5.31. The molecule has 0 heterocycles. The van der Waals surface area contributed by atoms with Crippen molar-refractivity contribution in [2.75, 3.05) is 13.7 Å². The van der Waals surface area contributed by atoms with Gasteiger partial charge in [-0.1, -0.05) is 0 Å². The molecule has 1 rings (SSSR count). The van der Waals surface area contributed by atoms with Gasteiger partial charge in [0.15, 0.2) is 0 Å². The zero-order valence-electron chi connectivity index (χ0n) is 10.7. The first-order valence-corrected chi connectivity index (χ1v) is 5.57. The SMILES string of the molecule is CCOC(C)(C)C(O)c1ccc(OC)cc1F. The molecule has 0 aliphatic heterocycles. The highest BCUT2D eigenvalue weighted by Gasteiger charge is 2.31. The summed E-state index contributed by atoms with van der Waals surface area (Å²) in [6, 6.07) is 4.38. The van der Waals surface area contributed by atoms with Crippen molar-refractivity contribution in [2.45, 2.75) is 32.5 Å². The zero-order valence-corrected chi connectivity index (χ0v) is 10.7. The van der Waals surface area contributed by atoms with Crippen LogP contribution in [0.5, 0.6) is 5.75 Å². The first-order chi connectivity index (χ1) is 7.92. The van der Waals surface area contributed by atoms with Gasteiger partial charge in [-0.3, -0.25) is 0 Å². The predicted molar refractivity (Wildman–Crippen MR) is 63.6 cm³/mol. The van der Waals surface area contributed by atoms with Gasteiger partial charge in [0.25, 0.3) is 0 Å². The number of aliphatic hydroxyl groups excluding tert-OH is 1. The lowest BCUT2D eigenvalue weighted by molar-refractivity contribution is -0.0994. The van der Waals surface area contributed by atoms with Gasteiger partial charge in [-0.2, -0.15) is 0 Å². The fourth-order valence-electron chi connectivity index (χ4n) is 1.68. The highest BCUT2D eigenvalue weighted by Crippen LogP contribution is 2.31. The Kier molecular flexibility index (Phi) is 4.48. The second-order valence-electron chi connectivity index (χ2n) is 4.33. The molecule has 4 heteroatoms. The number of benzene rings is 1. The Hall–Kier alpha value is -1.13. The van der Waals surface area contributed by atoms with E-state index in [1.807, 2.05) is 6.92 Å². The molecule has 1 aromatic rings. The maximum atomic E-state index is 13.8. The molecule has 0 aromatic heterocycles. The van der Waals surface area contributed by atoms with Gasteiger partial charge in [-0.15, -0.1) is 0 Å². The number of hydrogen-bond acceptors (Lipinski definition) is 3. The maximum Gasteiger partial charge on any atom is 0.132 e. The van der Waals surface area contributed by atoms with Gasteiger partial charge in [-0.05, 0) is 32.9 Å². The van der Waals surface area contributed by atoms with E-state index in [0.29, 0.717) is 12.4 Å². The van der Waals surface area contributed by atoms with Crippen molar-refractivity contribution in [3.8, 4) is 5.75 Å². The van der Waals surface area contributed by atoms with Crippen molar-refractivity contribution >= 4 is 0 Å². The molecule has 0 radical (unpaired) electrons. The van der Waals surface area contributed by atoms with Crippen LogP contribution in [-0.2, 0) is 4.74 Å². The van der Waals surface area contributed by atoms with Gasteiger partial charge in [0, 0.05) is 18.2 Å². The molecule has 1 atom stereocenters. The molecule has 3 nitrogen and oxygen atoms in total. The van der Waals surface area contributed by atoms with Crippen LogP contribution in [0, 0.1) is 5.82 Å². The van der Waals surface area contributed by atoms with E-state index in [2.05, 4.69) is 0 Å².